The van der Waals surface area contributed by atoms with Crippen molar-refractivity contribution in [2.24, 2.45) is 5.92 Å². The maximum atomic E-state index is 13.3. The summed E-state index contributed by atoms with van der Waals surface area (Å²) in [5, 5.41) is 8.83. The summed E-state index contributed by atoms with van der Waals surface area (Å²) >= 11 is 6.11. The first kappa shape index (κ1) is 27.0. The Morgan fingerprint density at radius 1 is 1.22 bits per heavy atom. The van der Waals surface area contributed by atoms with Crippen molar-refractivity contribution in [3.05, 3.63) is 53.1 Å². The lowest BCUT2D eigenvalue weighted by Gasteiger charge is -2.23. The molecule has 0 saturated carbocycles. The summed E-state index contributed by atoms with van der Waals surface area (Å²) in [6.07, 6.45) is 0.626. The average Bonchev–Trinajstić information content (AvgIpc) is 2.99. The van der Waals surface area contributed by atoms with Gasteiger partial charge in [-0.05, 0) is 60.9 Å². The van der Waals surface area contributed by atoms with Gasteiger partial charge in [0.05, 0.1) is 25.6 Å². The fourth-order valence-electron chi connectivity index (χ4n) is 3.89. The SMILES string of the molecule is CC[C@@H](NCC(=O)N1CC(=O)NCC(Cc2cc(Cl)ccc2OC)C1=O)C(=O)Nc1ccc(N)cc1. The lowest BCUT2D eigenvalue weighted by molar-refractivity contribution is -0.148. The molecular formula is C25H30ClN5O5. The van der Waals surface area contributed by atoms with Crippen molar-refractivity contribution in [3.63, 3.8) is 0 Å². The van der Waals surface area contributed by atoms with Crippen LogP contribution in [0.4, 0.5) is 11.4 Å². The van der Waals surface area contributed by atoms with E-state index in [4.69, 9.17) is 22.1 Å². The smallest absolute Gasteiger partial charge is 0.243 e. The molecular weight excluding hydrogens is 486 g/mol. The van der Waals surface area contributed by atoms with Crippen molar-refractivity contribution < 1.29 is 23.9 Å². The molecule has 1 saturated heterocycles. The van der Waals surface area contributed by atoms with Gasteiger partial charge in [0.25, 0.3) is 0 Å². The fraction of sp³-hybridized carbons (Fsp3) is 0.360. The van der Waals surface area contributed by atoms with E-state index in [1.165, 1.54) is 7.11 Å². The number of ether oxygens (including phenoxy) is 1. The van der Waals surface area contributed by atoms with Crippen molar-refractivity contribution in [2.75, 3.05) is 37.8 Å². The van der Waals surface area contributed by atoms with Gasteiger partial charge in [-0.1, -0.05) is 18.5 Å². The van der Waals surface area contributed by atoms with E-state index in [0.717, 1.165) is 4.90 Å². The van der Waals surface area contributed by atoms with Crippen LogP contribution in [-0.2, 0) is 25.6 Å². The molecule has 1 fully saturated rings. The highest BCUT2D eigenvalue weighted by Crippen LogP contribution is 2.26. The monoisotopic (exact) mass is 515 g/mol. The van der Waals surface area contributed by atoms with Crippen LogP contribution in [0.25, 0.3) is 0 Å². The Morgan fingerprint density at radius 2 is 1.94 bits per heavy atom. The van der Waals surface area contributed by atoms with Gasteiger partial charge in [-0.25, -0.2) is 0 Å². The molecule has 1 unspecified atom stereocenters. The highest BCUT2D eigenvalue weighted by molar-refractivity contribution is 6.30. The van der Waals surface area contributed by atoms with Gasteiger partial charge in [-0.3, -0.25) is 29.4 Å². The third kappa shape index (κ3) is 6.96. The molecule has 2 aromatic carbocycles. The molecule has 3 rings (SSSR count). The van der Waals surface area contributed by atoms with Gasteiger partial charge in [-0.2, -0.15) is 0 Å². The number of carbonyl (C=O) groups is 4. The van der Waals surface area contributed by atoms with Crippen molar-refractivity contribution in [1.82, 2.24) is 15.5 Å². The minimum absolute atomic E-state index is 0.0755. The Kier molecular flexibility index (Phi) is 9.26. The molecule has 0 radical (unpaired) electrons. The maximum Gasteiger partial charge on any atom is 0.243 e. The van der Waals surface area contributed by atoms with E-state index >= 15 is 0 Å². The third-order valence-electron chi connectivity index (χ3n) is 5.88. The number of anilines is 2. The van der Waals surface area contributed by atoms with Crippen molar-refractivity contribution in [2.45, 2.75) is 25.8 Å². The number of imide groups is 1. The Bertz CT molecular complexity index is 1120. The summed E-state index contributed by atoms with van der Waals surface area (Å²) in [4.78, 5) is 52.1. The van der Waals surface area contributed by atoms with Gasteiger partial charge in [0.15, 0.2) is 0 Å². The Labute approximate surface area is 214 Å². The molecule has 1 aliphatic rings. The standard InChI is InChI=1S/C25H30ClN5O5/c1-3-20(24(34)30-19-7-5-18(27)6-8-19)28-13-23(33)31-14-22(32)29-12-16(25(31)35)10-15-11-17(26)4-9-21(15)36-2/h4-9,11,16,20,28H,3,10,12-14,27H2,1-2H3,(H,29,32)(H,30,34)/t16?,20-/m1/s1. The number of nitrogens with one attached hydrogen (secondary N) is 3. The van der Waals surface area contributed by atoms with Crippen LogP contribution in [0.2, 0.25) is 5.02 Å². The van der Waals surface area contributed by atoms with E-state index in [-0.39, 0.29) is 25.4 Å². The lowest BCUT2D eigenvalue weighted by atomic mass is 9.97. The van der Waals surface area contributed by atoms with E-state index in [1.54, 1.807) is 49.4 Å². The number of hydrogen-bond donors (Lipinski definition) is 4. The van der Waals surface area contributed by atoms with Gasteiger partial charge < -0.3 is 21.1 Å². The molecule has 0 bridgehead atoms. The fourth-order valence-corrected chi connectivity index (χ4v) is 4.08. The van der Waals surface area contributed by atoms with Gasteiger partial charge in [0.2, 0.25) is 23.6 Å². The highest BCUT2D eigenvalue weighted by Gasteiger charge is 2.34. The molecule has 2 aromatic rings. The molecule has 2 atom stereocenters. The van der Waals surface area contributed by atoms with Crippen molar-refractivity contribution >= 4 is 46.6 Å². The predicted molar refractivity (Wildman–Crippen MR) is 136 cm³/mol. The zero-order valence-electron chi connectivity index (χ0n) is 20.2. The number of benzene rings is 2. The quantitative estimate of drug-likeness (QED) is 0.371. The number of methoxy groups -OCH3 is 1. The first-order chi connectivity index (χ1) is 17.2. The van der Waals surface area contributed by atoms with E-state index < -0.39 is 36.2 Å². The molecule has 4 amide bonds. The minimum atomic E-state index is -0.691. The van der Waals surface area contributed by atoms with Gasteiger partial charge >= 0.3 is 0 Å². The average molecular weight is 516 g/mol. The number of carbonyl (C=O) groups excluding carboxylic acids is 4. The van der Waals surface area contributed by atoms with Crippen LogP contribution in [0.1, 0.15) is 18.9 Å². The zero-order valence-corrected chi connectivity index (χ0v) is 20.9. The van der Waals surface area contributed by atoms with E-state index in [1.807, 2.05) is 0 Å². The van der Waals surface area contributed by atoms with Crippen LogP contribution in [0.3, 0.4) is 0 Å². The number of halogens is 1. The third-order valence-corrected chi connectivity index (χ3v) is 6.11. The van der Waals surface area contributed by atoms with E-state index in [9.17, 15) is 19.2 Å². The van der Waals surface area contributed by atoms with Gasteiger partial charge in [-0.15, -0.1) is 0 Å². The van der Waals surface area contributed by atoms with Crippen LogP contribution in [0, 0.1) is 5.92 Å². The molecule has 1 heterocycles. The largest absolute Gasteiger partial charge is 0.496 e. The molecule has 0 aliphatic carbocycles. The number of nitrogen functional groups attached to an aromatic ring is 1. The molecule has 5 N–H and O–H groups in total. The second kappa shape index (κ2) is 12.4. The maximum absolute atomic E-state index is 13.3. The summed E-state index contributed by atoms with van der Waals surface area (Å²) < 4.78 is 5.36. The topological polar surface area (TPSA) is 143 Å². The summed E-state index contributed by atoms with van der Waals surface area (Å²) in [5.41, 5.74) is 7.50. The van der Waals surface area contributed by atoms with Gasteiger partial charge in [0.1, 0.15) is 12.3 Å². The number of amides is 4. The van der Waals surface area contributed by atoms with Crippen LogP contribution in [-0.4, -0.2) is 61.3 Å². The van der Waals surface area contributed by atoms with Crippen LogP contribution >= 0.6 is 11.6 Å². The first-order valence-corrected chi connectivity index (χ1v) is 11.9. The van der Waals surface area contributed by atoms with Crippen molar-refractivity contribution in [1.29, 1.82) is 0 Å². The van der Waals surface area contributed by atoms with Crippen LogP contribution in [0.15, 0.2) is 42.5 Å². The summed E-state index contributed by atoms with van der Waals surface area (Å²) in [6, 6.07) is 11.1. The minimum Gasteiger partial charge on any atom is -0.496 e. The number of rotatable bonds is 9. The molecule has 11 heteroatoms. The van der Waals surface area contributed by atoms with Crippen LogP contribution < -0.4 is 26.4 Å². The molecule has 36 heavy (non-hydrogen) atoms. The molecule has 192 valence electrons. The second-order valence-electron chi connectivity index (χ2n) is 8.43. The Hall–Kier alpha value is -3.63. The summed E-state index contributed by atoms with van der Waals surface area (Å²) in [6.45, 7) is 1.19. The lowest BCUT2D eigenvalue weighted by Crippen LogP contribution is -2.49. The van der Waals surface area contributed by atoms with E-state index in [2.05, 4.69) is 16.0 Å². The molecule has 0 spiro atoms. The normalized spacial score (nSPS) is 16.6. The number of hydrogen-bond acceptors (Lipinski definition) is 7. The van der Waals surface area contributed by atoms with Gasteiger partial charge in [0, 0.05) is 22.9 Å². The Balaban J connectivity index is 1.66. The number of nitrogens with zero attached hydrogens (tertiary/aromatic N) is 1. The summed E-state index contributed by atoms with van der Waals surface area (Å²) in [7, 11) is 1.51. The predicted octanol–water partition coefficient (Wildman–Crippen LogP) is 1.58. The number of nitrogens with two attached hydrogens (primary N) is 1. The highest BCUT2D eigenvalue weighted by atomic mass is 35.5. The van der Waals surface area contributed by atoms with E-state index in [0.29, 0.717) is 34.1 Å². The molecule has 1 aliphatic heterocycles. The zero-order chi connectivity index (χ0) is 26.2. The van der Waals surface area contributed by atoms with Crippen molar-refractivity contribution in [3.8, 4) is 5.75 Å². The molecule has 0 aromatic heterocycles. The molecule has 10 nitrogen and oxygen atoms in total. The Morgan fingerprint density at radius 3 is 2.61 bits per heavy atom. The summed E-state index contributed by atoms with van der Waals surface area (Å²) in [5.74, 6) is -1.99. The first-order valence-electron chi connectivity index (χ1n) is 11.5. The van der Waals surface area contributed by atoms with Crippen LogP contribution in [0.5, 0.6) is 5.75 Å². The second-order valence-corrected chi connectivity index (χ2v) is 8.87.